The number of esters is 1. The number of carbonyl (C=O) groups is 1. The lowest BCUT2D eigenvalue weighted by atomic mass is 9.65. The van der Waals surface area contributed by atoms with Gasteiger partial charge in [-0.2, -0.15) is 0 Å². The number of hydrogen-bond acceptors (Lipinski definition) is 4. The Balaban J connectivity index is 0.000000161. The SMILES string of the molecule is COC(=O)C1CC2CCC1CC2.Nc1cc(Cl)ncc1F. The smallest absolute Gasteiger partial charge is 0.308 e. The Morgan fingerprint density at radius 3 is 2.52 bits per heavy atom. The highest BCUT2D eigenvalue weighted by molar-refractivity contribution is 6.29. The van der Waals surface area contributed by atoms with Crippen molar-refractivity contribution in [1.29, 1.82) is 0 Å². The summed E-state index contributed by atoms with van der Waals surface area (Å²) in [4.78, 5) is 14.8. The number of carbonyl (C=O) groups excluding carboxylic acids is 1. The van der Waals surface area contributed by atoms with Crippen LogP contribution >= 0.6 is 11.6 Å². The van der Waals surface area contributed by atoms with E-state index in [1.165, 1.54) is 38.9 Å². The number of halogens is 2. The minimum atomic E-state index is -0.542. The Kier molecular flexibility index (Phi) is 5.39. The van der Waals surface area contributed by atoms with Gasteiger partial charge in [0.25, 0.3) is 0 Å². The van der Waals surface area contributed by atoms with E-state index >= 15 is 0 Å². The molecule has 1 aromatic rings. The van der Waals surface area contributed by atoms with Gasteiger partial charge in [0.2, 0.25) is 0 Å². The maximum atomic E-state index is 12.3. The van der Waals surface area contributed by atoms with Crippen molar-refractivity contribution in [3.8, 4) is 0 Å². The van der Waals surface area contributed by atoms with Crippen LogP contribution in [0.15, 0.2) is 12.3 Å². The van der Waals surface area contributed by atoms with Crippen molar-refractivity contribution in [3.63, 3.8) is 0 Å². The summed E-state index contributed by atoms with van der Waals surface area (Å²) in [7, 11) is 1.50. The first kappa shape index (κ1) is 16.0. The average Bonchev–Trinajstić information content (AvgIpc) is 2.52. The predicted octanol–water partition coefficient (Wildman–Crippen LogP) is 3.44. The second-order valence-corrected chi connectivity index (χ2v) is 6.06. The van der Waals surface area contributed by atoms with E-state index < -0.39 is 5.82 Å². The summed E-state index contributed by atoms with van der Waals surface area (Å²) in [6.07, 6.45) is 7.28. The number of nitrogens with two attached hydrogens (primary N) is 1. The van der Waals surface area contributed by atoms with Crippen molar-refractivity contribution in [2.75, 3.05) is 12.8 Å². The summed E-state index contributed by atoms with van der Waals surface area (Å²) in [5.41, 5.74) is 5.14. The van der Waals surface area contributed by atoms with Crippen molar-refractivity contribution in [3.05, 3.63) is 23.2 Å². The molecule has 1 atom stereocenters. The quantitative estimate of drug-likeness (QED) is 0.637. The van der Waals surface area contributed by atoms with Crippen LogP contribution in [-0.2, 0) is 9.53 Å². The minimum absolute atomic E-state index is 0.0231. The van der Waals surface area contributed by atoms with E-state index in [-0.39, 0.29) is 22.7 Å². The number of hydrogen-bond donors (Lipinski definition) is 1. The first-order valence-electron chi connectivity index (χ1n) is 7.15. The number of aromatic nitrogens is 1. The second kappa shape index (κ2) is 7.07. The van der Waals surface area contributed by atoms with Crippen LogP contribution in [0.5, 0.6) is 0 Å². The number of nitrogens with zero attached hydrogens (tertiary/aromatic N) is 1. The fraction of sp³-hybridized carbons (Fsp3) is 0.600. The third kappa shape index (κ3) is 4.06. The molecule has 4 nitrogen and oxygen atoms in total. The molecule has 3 aliphatic rings. The fourth-order valence-corrected chi connectivity index (χ4v) is 3.41. The molecule has 3 saturated carbocycles. The first-order valence-corrected chi connectivity index (χ1v) is 7.53. The summed E-state index contributed by atoms with van der Waals surface area (Å²) in [5, 5.41) is 0.203. The first-order chi connectivity index (χ1) is 10.0. The van der Waals surface area contributed by atoms with E-state index in [1.807, 2.05) is 0 Å². The van der Waals surface area contributed by atoms with E-state index in [1.54, 1.807) is 0 Å². The van der Waals surface area contributed by atoms with Crippen LogP contribution in [0.2, 0.25) is 5.15 Å². The Morgan fingerprint density at radius 2 is 2.10 bits per heavy atom. The minimum Gasteiger partial charge on any atom is -0.469 e. The molecule has 0 saturated heterocycles. The van der Waals surface area contributed by atoms with E-state index in [0.717, 1.165) is 18.5 Å². The highest BCUT2D eigenvalue weighted by atomic mass is 35.5. The summed E-state index contributed by atoms with van der Waals surface area (Å²) in [6, 6.07) is 1.26. The van der Waals surface area contributed by atoms with Crippen molar-refractivity contribution >= 4 is 23.3 Å². The summed E-state index contributed by atoms with van der Waals surface area (Å²) in [5.74, 6) is 1.19. The van der Waals surface area contributed by atoms with Crippen molar-refractivity contribution in [1.82, 2.24) is 4.98 Å². The van der Waals surface area contributed by atoms with Crippen LogP contribution in [0.3, 0.4) is 0 Å². The number of rotatable bonds is 1. The van der Waals surface area contributed by atoms with Gasteiger partial charge in [-0.1, -0.05) is 24.4 Å². The van der Waals surface area contributed by atoms with Gasteiger partial charge in [0.15, 0.2) is 5.82 Å². The molecule has 4 rings (SSSR count). The largest absolute Gasteiger partial charge is 0.469 e. The zero-order valence-corrected chi connectivity index (χ0v) is 12.8. The van der Waals surface area contributed by atoms with Gasteiger partial charge in [-0.05, 0) is 31.1 Å². The highest BCUT2D eigenvalue weighted by Crippen LogP contribution is 2.45. The van der Waals surface area contributed by atoms with Gasteiger partial charge >= 0.3 is 5.97 Å². The summed E-state index contributed by atoms with van der Waals surface area (Å²) in [6.45, 7) is 0. The number of anilines is 1. The van der Waals surface area contributed by atoms with Gasteiger partial charge < -0.3 is 10.5 Å². The zero-order valence-electron chi connectivity index (χ0n) is 12.0. The van der Waals surface area contributed by atoms with Gasteiger partial charge in [-0.15, -0.1) is 0 Å². The molecule has 0 aromatic carbocycles. The standard InChI is InChI=1S/C10H16O2.C5H4ClFN2/c1-12-10(11)9-6-7-2-4-8(9)5-3-7;6-5-1-4(8)3(7)2-9-5/h7-9H,2-6H2,1H3;1-2H,(H2,8,9). The molecule has 6 heteroatoms. The normalized spacial score (nSPS) is 26.7. The van der Waals surface area contributed by atoms with E-state index in [0.29, 0.717) is 5.92 Å². The highest BCUT2D eigenvalue weighted by Gasteiger charge is 2.39. The predicted molar refractivity (Wildman–Crippen MR) is 79.2 cm³/mol. The zero-order chi connectivity index (χ0) is 15.4. The number of fused-ring (bicyclic) bond motifs is 3. The van der Waals surface area contributed by atoms with Gasteiger partial charge in [0.05, 0.1) is 24.9 Å². The van der Waals surface area contributed by atoms with Crippen LogP contribution in [0.1, 0.15) is 32.1 Å². The maximum Gasteiger partial charge on any atom is 0.308 e. The molecule has 2 N–H and O–H groups in total. The topological polar surface area (TPSA) is 65.2 Å². The number of pyridine rings is 1. The van der Waals surface area contributed by atoms with E-state index in [2.05, 4.69) is 4.98 Å². The van der Waals surface area contributed by atoms with E-state index in [9.17, 15) is 9.18 Å². The lowest BCUT2D eigenvalue weighted by Gasteiger charge is -2.40. The molecule has 0 aliphatic heterocycles. The summed E-state index contributed by atoms with van der Waals surface area (Å²) < 4.78 is 17.1. The molecular formula is C15H20ClFN2O2. The van der Waals surface area contributed by atoms with E-state index in [4.69, 9.17) is 22.1 Å². The average molecular weight is 315 g/mol. The monoisotopic (exact) mass is 314 g/mol. The van der Waals surface area contributed by atoms with Crippen LogP contribution in [0.25, 0.3) is 0 Å². The molecule has 3 aliphatic carbocycles. The Morgan fingerprint density at radius 1 is 1.43 bits per heavy atom. The van der Waals surface area contributed by atoms with Gasteiger partial charge in [0.1, 0.15) is 5.15 Å². The third-order valence-corrected chi connectivity index (χ3v) is 4.61. The molecule has 1 unspecified atom stereocenters. The van der Waals surface area contributed by atoms with Crippen LogP contribution < -0.4 is 5.73 Å². The molecule has 116 valence electrons. The van der Waals surface area contributed by atoms with Crippen LogP contribution in [0, 0.1) is 23.6 Å². The fourth-order valence-electron chi connectivity index (χ4n) is 3.25. The van der Waals surface area contributed by atoms with Crippen molar-refractivity contribution in [2.45, 2.75) is 32.1 Å². The van der Waals surface area contributed by atoms with Gasteiger partial charge in [-0.25, -0.2) is 9.37 Å². The molecule has 1 heterocycles. The molecule has 21 heavy (non-hydrogen) atoms. The van der Waals surface area contributed by atoms with Crippen LogP contribution in [-0.4, -0.2) is 18.1 Å². The molecule has 2 bridgehead atoms. The molecule has 0 spiro atoms. The number of nitrogen functional groups attached to an aromatic ring is 1. The summed E-state index contributed by atoms with van der Waals surface area (Å²) >= 11 is 5.36. The lowest BCUT2D eigenvalue weighted by molar-refractivity contribution is -0.151. The van der Waals surface area contributed by atoms with Gasteiger partial charge in [0, 0.05) is 6.07 Å². The second-order valence-electron chi connectivity index (χ2n) is 5.67. The van der Waals surface area contributed by atoms with Crippen molar-refractivity contribution < 1.29 is 13.9 Å². The Bertz CT molecular complexity index is 504. The molecule has 1 aromatic heterocycles. The number of ether oxygens (including phenoxy) is 1. The molecule has 0 amide bonds. The van der Waals surface area contributed by atoms with Crippen LogP contribution in [0.4, 0.5) is 10.1 Å². The molecular weight excluding hydrogens is 295 g/mol. The lowest BCUT2D eigenvalue weighted by Crippen LogP contribution is -2.36. The molecule has 3 fully saturated rings. The van der Waals surface area contributed by atoms with Crippen molar-refractivity contribution in [2.24, 2.45) is 17.8 Å². The number of methoxy groups -OCH3 is 1. The molecule has 0 radical (unpaired) electrons. The third-order valence-electron chi connectivity index (χ3n) is 4.40. The van der Waals surface area contributed by atoms with Gasteiger partial charge in [-0.3, -0.25) is 4.79 Å². The Hall–Kier alpha value is -1.36. The maximum absolute atomic E-state index is 12.3. The Labute approximate surface area is 128 Å².